The average Bonchev–Trinajstić information content (AvgIpc) is 3.08. The molecule has 2 fully saturated rings. The standard InChI is InChI=1S/C15H20BN3O2/c1-14(2)15(3,4)21-16(20-14)12-9-11(10-5-6-10)13-17-7-8-19(13)18-12/h7-10H,5-6H2,1-4H3. The summed E-state index contributed by atoms with van der Waals surface area (Å²) in [5.41, 5.74) is 2.37. The van der Waals surface area contributed by atoms with E-state index in [4.69, 9.17) is 9.31 Å². The minimum absolute atomic E-state index is 0.344. The van der Waals surface area contributed by atoms with Crippen LogP contribution in [0.5, 0.6) is 0 Å². The van der Waals surface area contributed by atoms with Gasteiger partial charge in [-0.2, -0.15) is 5.10 Å². The van der Waals surface area contributed by atoms with Gasteiger partial charge in [0.05, 0.1) is 16.8 Å². The molecule has 0 amide bonds. The van der Waals surface area contributed by atoms with Crippen molar-refractivity contribution < 1.29 is 9.31 Å². The second-order valence-electron chi connectivity index (χ2n) is 7.08. The van der Waals surface area contributed by atoms with Crippen molar-refractivity contribution in [1.29, 1.82) is 0 Å². The summed E-state index contributed by atoms with van der Waals surface area (Å²) in [6.45, 7) is 8.24. The Morgan fingerprint density at radius 2 is 1.86 bits per heavy atom. The zero-order valence-electron chi connectivity index (χ0n) is 13.0. The second kappa shape index (κ2) is 4.08. The molecule has 2 aromatic rings. The van der Waals surface area contributed by atoms with E-state index in [1.807, 2.05) is 10.7 Å². The molecule has 5 nitrogen and oxygen atoms in total. The highest BCUT2D eigenvalue weighted by atomic mass is 16.7. The molecule has 1 saturated heterocycles. The Kier molecular flexibility index (Phi) is 2.58. The third kappa shape index (κ3) is 2.00. The normalized spacial score (nSPS) is 23.9. The van der Waals surface area contributed by atoms with Crippen molar-refractivity contribution in [3.63, 3.8) is 0 Å². The van der Waals surface area contributed by atoms with Gasteiger partial charge in [0.1, 0.15) is 0 Å². The van der Waals surface area contributed by atoms with E-state index in [2.05, 4.69) is 43.8 Å². The maximum absolute atomic E-state index is 6.11. The zero-order valence-corrected chi connectivity index (χ0v) is 13.0. The predicted octanol–water partition coefficient (Wildman–Crippen LogP) is 1.91. The van der Waals surface area contributed by atoms with Crippen molar-refractivity contribution in [3.05, 3.63) is 24.0 Å². The van der Waals surface area contributed by atoms with Crippen molar-refractivity contribution >= 4 is 18.4 Å². The quantitative estimate of drug-likeness (QED) is 0.791. The molecule has 1 aliphatic heterocycles. The Balaban J connectivity index is 1.77. The lowest BCUT2D eigenvalue weighted by Crippen LogP contribution is -2.41. The van der Waals surface area contributed by atoms with Gasteiger partial charge in [-0.3, -0.25) is 0 Å². The number of imidazole rings is 1. The lowest BCUT2D eigenvalue weighted by molar-refractivity contribution is 0.00578. The smallest absolute Gasteiger partial charge is 0.398 e. The molecule has 4 rings (SSSR count). The van der Waals surface area contributed by atoms with Gasteiger partial charge >= 0.3 is 7.12 Å². The molecule has 2 aliphatic rings. The van der Waals surface area contributed by atoms with Crippen molar-refractivity contribution in [2.24, 2.45) is 0 Å². The first kappa shape index (κ1) is 13.3. The summed E-state index contributed by atoms with van der Waals surface area (Å²) in [5, 5.41) is 4.62. The molecule has 0 bridgehead atoms. The highest BCUT2D eigenvalue weighted by Crippen LogP contribution is 2.41. The number of rotatable bonds is 2. The zero-order chi connectivity index (χ0) is 14.8. The van der Waals surface area contributed by atoms with Gasteiger partial charge in [0.15, 0.2) is 5.65 Å². The summed E-state index contributed by atoms with van der Waals surface area (Å²) in [6, 6.07) is 2.11. The van der Waals surface area contributed by atoms with Gasteiger partial charge in [0, 0.05) is 18.0 Å². The monoisotopic (exact) mass is 285 g/mol. The maximum atomic E-state index is 6.11. The van der Waals surface area contributed by atoms with Crippen LogP contribution < -0.4 is 5.59 Å². The number of fused-ring (bicyclic) bond motifs is 1. The van der Waals surface area contributed by atoms with Gasteiger partial charge in [-0.1, -0.05) is 0 Å². The van der Waals surface area contributed by atoms with Crippen LogP contribution in [0.25, 0.3) is 5.65 Å². The Hall–Kier alpha value is -1.40. The van der Waals surface area contributed by atoms with Crippen molar-refractivity contribution in [1.82, 2.24) is 14.6 Å². The van der Waals surface area contributed by atoms with E-state index in [1.54, 1.807) is 6.20 Å². The molecule has 21 heavy (non-hydrogen) atoms. The van der Waals surface area contributed by atoms with Crippen LogP contribution in [0.2, 0.25) is 0 Å². The summed E-state index contributed by atoms with van der Waals surface area (Å²) in [5.74, 6) is 0.610. The van der Waals surface area contributed by atoms with E-state index in [0.29, 0.717) is 5.92 Å². The first-order valence-electron chi connectivity index (χ1n) is 7.57. The van der Waals surface area contributed by atoms with Crippen LogP contribution in [0.4, 0.5) is 0 Å². The van der Waals surface area contributed by atoms with Gasteiger partial charge in [0.25, 0.3) is 0 Å². The van der Waals surface area contributed by atoms with Crippen LogP contribution in [-0.2, 0) is 9.31 Å². The van der Waals surface area contributed by atoms with E-state index >= 15 is 0 Å². The van der Waals surface area contributed by atoms with Gasteiger partial charge in [-0.25, -0.2) is 9.50 Å². The molecule has 0 aromatic carbocycles. The minimum Gasteiger partial charge on any atom is -0.398 e. The topological polar surface area (TPSA) is 48.7 Å². The van der Waals surface area contributed by atoms with E-state index in [-0.39, 0.29) is 11.2 Å². The Morgan fingerprint density at radius 3 is 2.48 bits per heavy atom. The SMILES string of the molecule is CC1(C)OB(c2cc(C3CC3)c3nccn3n2)OC1(C)C. The average molecular weight is 285 g/mol. The van der Waals surface area contributed by atoms with Crippen LogP contribution >= 0.6 is 0 Å². The number of hydrogen-bond acceptors (Lipinski definition) is 4. The van der Waals surface area contributed by atoms with Crippen LogP contribution in [0, 0.1) is 0 Å². The molecule has 6 heteroatoms. The van der Waals surface area contributed by atoms with Crippen molar-refractivity contribution in [2.45, 2.75) is 57.7 Å². The number of nitrogens with zero attached hydrogens (tertiary/aromatic N) is 3. The molecular formula is C15H20BN3O2. The minimum atomic E-state index is -0.417. The summed E-state index contributed by atoms with van der Waals surface area (Å²) in [4.78, 5) is 4.42. The molecular weight excluding hydrogens is 265 g/mol. The highest BCUT2D eigenvalue weighted by molar-refractivity contribution is 6.61. The van der Waals surface area contributed by atoms with E-state index in [1.165, 1.54) is 18.4 Å². The number of hydrogen-bond donors (Lipinski definition) is 0. The first-order valence-corrected chi connectivity index (χ1v) is 7.57. The Bertz CT molecular complexity index is 690. The third-order valence-corrected chi connectivity index (χ3v) is 4.92. The summed E-state index contributed by atoms with van der Waals surface area (Å²) in [7, 11) is -0.417. The predicted molar refractivity (Wildman–Crippen MR) is 80.7 cm³/mol. The molecule has 0 radical (unpaired) electrons. The molecule has 0 N–H and O–H groups in total. The molecule has 0 atom stereocenters. The summed E-state index contributed by atoms with van der Waals surface area (Å²) < 4.78 is 14.1. The Labute approximate surface area is 124 Å². The third-order valence-electron chi connectivity index (χ3n) is 4.92. The Morgan fingerprint density at radius 1 is 1.19 bits per heavy atom. The molecule has 3 heterocycles. The second-order valence-corrected chi connectivity index (χ2v) is 7.08. The van der Waals surface area contributed by atoms with Crippen LogP contribution in [-0.4, -0.2) is 32.9 Å². The lowest BCUT2D eigenvalue weighted by atomic mass is 9.83. The fourth-order valence-corrected chi connectivity index (χ4v) is 2.74. The maximum Gasteiger partial charge on any atom is 0.516 e. The van der Waals surface area contributed by atoms with Crippen molar-refractivity contribution in [2.75, 3.05) is 0 Å². The van der Waals surface area contributed by atoms with E-state index in [0.717, 1.165) is 11.2 Å². The molecule has 1 aliphatic carbocycles. The van der Waals surface area contributed by atoms with E-state index < -0.39 is 7.12 Å². The summed E-state index contributed by atoms with van der Waals surface area (Å²) >= 11 is 0. The van der Waals surface area contributed by atoms with Gasteiger partial charge in [0.2, 0.25) is 0 Å². The fourth-order valence-electron chi connectivity index (χ4n) is 2.74. The molecule has 1 saturated carbocycles. The van der Waals surface area contributed by atoms with Gasteiger partial charge < -0.3 is 9.31 Å². The molecule has 110 valence electrons. The molecule has 2 aromatic heterocycles. The first-order chi connectivity index (χ1) is 9.87. The molecule has 0 unspecified atom stereocenters. The van der Waals surface area contributed by atoms with Gasteiger partial charge in [-0.15, -0.1) is 0 Å². The fraction of sp³-hybridized carbons (Fsp3) is 0.600. The summed E-state index contributed by atoms with van der Waals surface area (Å²) in [6.07, 6.45) is 6.14. The lowest BCUT2D eigenvalue weighted by Gasteiger charge is -2.32. The van der Waals surface area contributed by atoms with E-state index in [9.17, 15) is 0 Å². The van der Waals surface area contributed by atoms with Crippen LogP contribution in [0.1, 0.15) is 52.0 Å². The van der Waals surface area contributed by atoms with Crippen molar-refractivity contribution in [3.8, 4) is 0 Å². The van der Waals surface area contributed by atoms with Gasteiger partial charge in [-0.05, 0) is 52.5 Å². The largest absolute Gasteiger partial charge is 0.516 e. The van der Waals surface area contributed by atoms with Crippen LogP contribution in [0.15, 0.2) is 18.5 Å². The highest BCUT2D eigenvalue weighted by Gasteiger charge is 2.52. The van der Waals surface area contributed by atoms with Crippen LogP contribution in [0.3, 0.4) is 0 Å². The molecule has 0 spiro atoms. The number of aromatic nitrogens is 3.